The molecule has 158 valence electrons. The van der Waals surface area contributed by atoms with E-state index in [1.54, 1.807) is 19.1 Å². The standard InChI is InChI=1S/C7H8O3S.3BF4.Li.H/c1-6-3-2-4-7(5-6)11(8,9)10;3*2-1(3,4)5;;/h2-5H,1H3,(H,8,9,10);;;;;/q;3*-1;;. The first-order valence-electron chi connectivity index (χ1n) is 5.66. The van der Waals surface area contributed by atoms with Gasteiger partial charge in [0.05, 0.1) is 4.90 Å². The van der Waals surface area contributed by atoms with E-state index in [1.807, 2.05) is 0 Å². The molecule has 20 heteroatoms. The average Bonchev–Trinajstić information content (AvgIpc) is 2.20. The molecule has 0 atom stereocenters. The Morgan fingerprint density at radius 3 is 1.15 bits per heavy atom. The molecule has 1 N–H and O–H groups in total. The molecule has 1 aromatic rings. The molecule has 0 spiro atoms. The van der Waals surface area contributed by atoms with Gasteiger partial charge in [0, 0.05) is 0 Å². The first-order chi connectivity index (χ1) is 11.0. The van der Waals surface area contributed by atoms with Crippen molar-refractivity contribution in [1.82, 2.24) is 0 Å². The molecule has 0 bridgehead atoms. The van der Waals surface area contributed by atoms with Crippen LogP contribution in [0.4, 0.5) is 51.8 Å². The molecular formula is C7H9B3F12LiO3S-3. The van der Waals surface area contributed by atoms with Crippen molar-refractivity contribution < 1.29 is 64.8 Å². The summed E-state index contributed by atoms with van der Waals surface area (Å²) in [5.41, 5.74) is 0.806. The van der Waals surface area contributed by atoms with Gasteiger partial charge in [-0.2, -0.15) is 8.42 Å². The Morgan fingerprint density at radius 2 is 1.00 bits per heavy atom. The maximum absolute atomic E-state index is 10.5. The summed E-state index contributed by atoms with van der Waals surface area (Å²) in [6.45, 7) is 1.76. The van der Waals surface area contributed by atoms with E-state index in [-0.39, 0.29) is 23.8 Å². The van der Waals surface area contributed by atoms with Crippen LogP contribution in [-0.4, -0.2) is 53.6 Å². The van der Waals surface area contributed by atoms with Gasteiger partial charge in [0.15, 0.2) is 0 Å². The van der Waals surface area contributed by atoms with Gasteiger partial charge in [-0.3, -0.25) is 4.55 Å². The summed E-state index contributed by atoms with van der Waals surface area (Å²) in [4.78, 5) is -0.0579. The van der Waals surface area contributed by atoms with Crippen LogP contribution in [0.3, 0.4) is 0 Å². The van der Waals surface area contributed by atoms with Crippen LogP contribution in [0.2, 0.25) is 0 Å². The minimum absolute atomic E-state index is 0. The predicted molar refractivity (Wildman–Crippen MR) is 78.7 cm³/mol. The zero-order chi connectivity index (χ0) is 22.0. The molecule has 0 aromatic heterocycles. The molecule has 0 saturated carbocycles. The second kappa shape index (κ2) is 13.3. The molecule has 0 amide bonds. The van der Waals surface area contributed by atoms with E-state index in [1.165, 1.54) is 12.1 Å². The van der Waals surface area contributed by atoms with Gasteiger partial charge in [-0.1, -0.05) is 12.1 Å². The molecule has 0 fully saturated rings. The van der Waals surface area contributed by atoms with E-state index in [0.717, 1.165) is 5.56 Å². The first kappa shape index (κ1) is 33.7. The van der Waals surface area contributed by atoms with Crippen LogP contribution >= 0.6 is 0 Å². The number of rotatable bonds is 1. The second-order valence-electron chi connectivity index (χ2n) is 3.78. The number of benzene rings is 1. The van der Waals surface area contributed by atoms with Gasteiger partial charge in [0.2, 0.25) is 0 Å². The van der Waals surface area contributed by atoms with Crippen LogP contribution in [-0.2, 0) is 10.1 Å². The third-order valence-corrected chi connectivity index (χ3v) is 2.14. The van der Waals surface area contributed by atoms with Gasteiger partial charge < -0.3 is 51.8 Å². The Bertz CT molecular complexity index is 571. The van der Waals surface area contributed by atoms with E-state index < -0.39 is 31.9 Å². The first-order valence-corrected chi connectivity index (χ1v) is 7.10. The second-order valence-corrected chi connectivity index (χ2v) is 5.20. The molecular weight excluding hydrogens is 431 g/mol. The van der Waals surface area contributed by atoms with Crippen molar-refractivity contribution in [3.05, 3.63) is 29.8 Å². The Kier molecular flexibility index (Phi) is 16.6. The molecule has 27 heavy (non-hydrogen) atoms. The fourth-order valence-corrected chi connectivity index (χ4v) is 1.36. The third kappa shape index (κ3) is 58.7. The quantitative estimate of drug-likeness (QED) is 0.398. The van der Waals surface area contributed by atoms with Crippen molar-refractivity contribution in [3.63, 3.8) is 0 Å². The van der Waals surface area contributed by atoms with Crippen LogP contribution in [0, 0.1) is 6.92 Å². The maximum atomic E-state index is 10.5. The summed E-state index contributed by atoms with van der Waals surface area (Å²) in [7, 11) is -22.0. The average molecular weight is 441 g/mol. The van der Waals surface area contributed by atoms with Crippen LogP contribution in [0.15, 0.2) is 29.2 Å². The van der Waals surface area contributed by atoms with Gasteiger partial charge >= 0.3 is 40.6 Å². The van der Waals surface area contributed by atoms with E-state index in [2.05, 4.69) is 0 Å². The number of aryl methyl sites for hydroxylation is 1. The van der Waals surface area contributed by atoms with Crippen LogP contribution < -0.4 is 0 Å². The summed E-state index contributed by atoms with van der Waals surface area (Å²) in [6.07, 6.45) is 0. The summed E-state index contributed by atoms with van der Waals surface area (Å²) in [5.74, 6) is 0. The van der Waals surface area contributed by atoms with Crippen molar-refractivity contribution in [1.29, 1.82) is 0 Å². The summed E-state index contributed by atoms with van der Waals surface area (Å²) >= 11 is 0. The normalized spacial score (nSPS) is 11.3. The Morgan fingerprint density at radius 1 is 0.741 bits per heavy atom. The van der Waals surface area contributed by atoms with Gasteiger partial charge in [-0.25, -0.2) is 0 Å². The summed E-state index contributed by atoms with van der Waals surface area (Å²) < 4.78 is 147. The molecule has 0 aliphatic rings. The zero-order valence-electron chi connectivity index (χ0n) is 12.2. The predicted octanol–water partition coefficient (Wildman–Crippen LogP) is 4.49. The molecule has 0 unspecified atom stereocenters. The van der Waals surface area contributed by atoms with Crippen molar-refractivity contribution in [2.45, 2.75) is 11.8 Å². The number of halogens is 12. The SMILES string of the molecule is Cc1cccc(S(=O)(=O)O)c1.F[B-](F)(F)F.F[B-](F)(F)F.F[B-](F)(F)F.[LiH]. The molecule has 1 aromatic carbocycles. The van der Waals surface area contributed by atoms with E-state index in [9.17, 15) is 60.2 Å². The van der Waals surface area contributed by atoms with Crippen molar-refractivity contribution >= 4 is 50.7 Å². The van der Waals surface area contributed by atoms with Gasteiger partial charge in [-0.05, 0) is 24.6 Å². The number of hydrogen-bond donors (Lipinski definition) is 1. The Labute approximate surface area is 157 Å². The van der Waals surface area contributed by atoms with E-state index in [4.69, 9.17) is 4.55 Å². The topological polar surface area (TPSA) is 54.4 Å². The molecule has 1 rings (SSSR count). The van der Waals surface area contributed by atoms with E-state index >= 15 is 0 Å². The molecule has 0 heterocycles. The monoisotopic (exact) mass is 441 g/mol. The number of hydrogen-bond acceptors (Lipinski definition) is 2. The van der Waals surface area contributed by atoms with Gasteiger partial charge in [0.25, 0.3) is 10.1 Å². The minimum atomic E-state index is -6.00. The molecule has 0 radical (unpaired) electrons. The summed E-state index contributed by atoms with van der Waals surface area (Å²) in [5, 5.41) is 0. The van der Waals surface area contributed by atoms with Gasteiger partial charge in [0.1, 0.15) is 0 Å². The fourth-order valence-electron chi connectivity index (χ4n) is 0.776. The summed E-state index contributed by atoms with van der Waals surface area (Å²) in [6, 6.07) is 6.10. The fraction of sp³-hybridized carbons (Fsp3) is 0.143. The van der Waals surface area contributed by atoms with Crippen LogP contribution in [0.1, 0.15) is 5.56 Å². The Balaban J connectivity index is -0.000000142. The third-order valence-electron chi connectivity index (χ3n) is 1.29. The van der Waals surface area contributed by atoms with E-state index in [0.29, 0.717) is 0 Å². The Hall–Kier alpha value is -0.918. The molecule has 3 nitrogen and oxygen atoms in total. The molecule has 0 aliphatic carbocycles. The van der Waals surface area contributed by atoms with Crippen molar-refractivity contribution in [2.24, 2.45) is 0 Å². The zero-order valence-corrected chi connectivity index (χ0v) is 13.1. The van der Waals surface area contributed by atoms with Crippen LogP contribution in [0.25, 0.3) is 0 Å². The van der Waals surface area contributed by atoms with Crippen LogP contribution in [0.5, 0.6) is 0 Å². The van der Waals surface area contributed by atoms with Crippen molar-refractivity contribution in [2.75, 3.05) is 0 Å². The molecule has 0 aliphatic heterocycles. The van der Waals surface area contributed by atoms with Gasteiger partial charge in [-0.15, -0.1) is 0 Å². The van der Waals surface area contributed by atoms with Crippen molar-refractivity contribution in [3.8, 4) is 0 Å². The molecule has 0 saturated heterocycles.